The SMILES string of the molecule is CN=C(NCC(=O)NCCOC)N(C)CCOc1ccccc1C.I. The molecule has 0 aromatic heterocycles. The molecule has 0 saturated heterocycles. The molecule has 0 aliphatic carbocycles. The number of hydrogen-bond donors (Lipinski definition) is 2. The van der Waals surface area contributed by atoms with Crippen LogP contribution in [0.3, 0.4) is 0 Å². The quantitative estimate of drug-likeness (QED) is 0.249. The van der Waals surface area contributed by atoms with Gasteiger partial charge in [-0.15, -0.1) is 24.0 Å². The Hall–Kier alpha value is -1.55. The van der Waals surface area contributed by atoms with E-state index >= 15 is 0 Å². The second-order valence-corrected chi connectivity index (χ2v) is 5.28. The van der Waals surface area contributed by atoms with E-state index < -0.39 is 0 Å². The fourth-order valence-corrected chi connectivity index (χ4v) is 2.02. The number of carbonyl (C=O) groups excluding carboxylic acids is 1. The van der Waals surface area contributed by atoms with Crippen molar-refractivity contribution < 1.29 is 14.3 Å². The number of rotatable bonds is 9. The lowest BCUT2D eigenvalue weighted by Crippen LogP contribution is -2.45. The van der Waals surface area contributed by atoms with Crippen molar-refractivity contribution in [3.05, 3.63) is 29.8 Å². The van der Waals surface area contributed by atoms with Crippen molar-refractivity contribution in [3.8, 4) is 5.75 Å². The maximum absolute atomic E-state index is 11.7. The molecule has 0 aliphatic rings. The van der Waals surface area contributed by atoms with Crippen molar-refractivity contribution in [3.63, 3.8) is 0 Å². The maximum Gasteiger partial charge on any atom is 0.239 e. The van der Waals surface area contributed by atoms with Crippen LogP contribution >= 0.6 is 24.0 Å². The predicted molar refractivity (Wildman–Crippen MR) is 111 cm³/mol. The minimum Gasteiger partial charge on any atom is -0.491 e. The van der Waals surface area contributed by atoms with Gasteiger partial charge in [-0.1, -0.05) is 18.2 Å². The Bertz CT molecular complexity index is 540. The van der Waals surface area contributed by atoms with E-state index in [1.165, 1.54) is 0 Å². The van der Waals surface area contributed by atoms with Crippen molar-refractivity contribution >= 4 is 35.8 Å². The molecule has 7 nitrogen and oxygen atoms in total. The molecular formula is C17H29IN4O3. The smallest absolute Gasteiger partial charge is 0.239 e. The van der Waals surface area contributed by atoms with Gasteiger partial charge in [0.25, 0.3) is 0 Å². The maximum atomic E-state index is 11.7. The number of nitrogens with zero attached hydrogens (tertiary/aromatic N) is 2. The van der Waals surface area contributed by atoms with E-state index in [2.05, 4.69) is 15.6 Å². The minimum absolute atomic E-state index is 0. The van der Waals surface area contributed by atoms with Crippen LogP contribution in [0.1, 0.15) is 5.56 Å². The summed E-state index contributed by atoms with van der Waals surface area (Å²) in [6.45, 7) is 4.36. The fraction of sp³-hybridized carbons (Fsp3) is 0.529. The normalized spacial score (nSPS) is 10.6. The lowest BCUT2D eigenvalue weighted by Gasteiger charge is -2.22. The van der Waals surface area contributed by atoms with E-state index in [9.17, 15) is 4.79 Å². The van der Waals surface area contributed by atoms with Gasteiger partial charge in [0.2, 0.25) is 5.91 Å². The molecule has 0 bridgehead atoms. The molecule has 0 unspecified atom stereocenters. The van der Waals surface area contributed by atoms with Gasteiger partial charge in [0.1, 0.15) is 12.4 Å². The number of nitrogens with one attached hydrogen (secondary N) is 2. The van der Waals surface area contributed by atoms with Crippen molar-refractivity contribution in [2.45, 2.75) is 6.92 Å². The first kappa shape index (κ1) is 23.4. The highest BCUT2D eigenvalue weighted by Crippen LogP contribution is 2.15. The first-order chi connectivity index (χ1) is 11.6. The number of guanidine groups is 1. The summed E-state index contributed by atoms with van der Waals surface area (Å²) in [6, 6.07) is 7.90. The third-order valence-electron chi connectivity index (χ3n) is 3.39. The second kappa shape index (κ2) is 13.7. The predicted octanol–water partition coefficient (Wildman–Crippen LogP) is 1.26. The topological polar surface area (TPSA) is 75.2 Å². The summed E-state index contributed by atoms with van der Waals surface area (Å²) >= 11 is 0. The van der Waals surface area contributed by atoms with Gasteiger partial charge < -0.3 is 25.0 Å². The van der Waals surface area contributed by atoms with Crippen LogP contribution in [0.25, 0.3) is 0 Å². The van der Waals surface area contributed by atoms with Crippen molar-refractivity contribution in [1.29, 1.82) is 0 Å². The van der Waals surface area contributed by atoms with Gasteiger partial charge >= 0.3 is 0 Å². The largest absolute Gasteiger partial charge is 0.491 e. The molecule has 0 fully saturated rings. The van der Waals surface area contributed by atoms with Crippen molar-refractivity contribution in [1.82, 2.24) is 15.5 Å². The molecule has 25 heavy (non-hydrogen) atoms. The van der Waals surface area contributed by atoms with E-state index in [0.29, 0.717) is 32.3 Å². The van der Waals surface area contributed by atoms with Crippen LogP contribution in [0.15, 0.2) is 29.3 Å². The van der Waals surface area contributed by atoms with Gasteiger partial charge in [-0.05, 0) is 18.6 Å². The molecule has 1 aromatic rings. The third kappa shape index (κ3) is 9.49. The lowest BCUT2D eigenvalue weighted by atomic mass is 10.2. The highest BCUT2D eigenvalue weighted by molar-refractivity contribution is 14.0. The van der Waals surface area contributed by atoms with Crippen LogP contribution < -0.4 is 15.4 Å². The average Bonchev–Trinajstić information content (AvgIpc) is 2.57. The molecule has 0 spiro atoms. The number of carbonyl (C=O) groups is 1. The Labute approximate surface area is 167 Å². The number of aryl methyl sites for hydroxylation is 1. The van der Waals surface area contributed by atoms with Crippen LogP contribution in [-0.2, 0) is 9.53 Å². The molecule has 8 heteroatoms. The van der Waals surface area contributed by atoms with E-state index in [-0.39, 0.29) is 36.4 Å². The van der Waals surface area contributed by atoms with E-state index in [1.807, 2.05) is 43.1 Å². The van der Waals surface area contributed by atoms with Crippen LogP contribution in [0.4, 0.5) is 0 Å². The van der Waals surface area contributed by atoms with E-state index in [1.54, 1.807) is 14.2 Å². The average molecular weight is 464 g/mol. The van der Waals surface area contributed by atoms with Crippen LogP contribution in [0.2, 0.25) is 0 Å². The summed E-state index contributed by atoms with van der Waals surface area (Å²) in [5.74, 6) is 1.43. The first-order valence-corrected chi connectivity index (χ1v) is 7.94. The summed E-state index contributed by atoms with van der Waals surface area (Å²) in [5, 5.41) is 5.77. The Kier molecular flexibility index (Phi) is 12.9. The number of benzene rings is 1. The Morgan fingerprint density at radius 1 is 1.24 bits per heavy atom. The monoisotopic (exact) mass is 464 g/mol. The van der Waals surface area contributed by atoms with Crippen molar-refractivity contribution in [2.75, 3.05) is 54.1 Å². The molecule has 2 N–H and O–H groups in total. The van der Waals surface area contributed by atoms with Gasteiger partial charge in [-0.3, -0.25) is 9.79 Å². The fourth-order valence-electron chi connectivity index (χ4n) is 2.02. The Balaban J connectivity index is 0.00000576. The molecule has 0 atom stereocenters. The molecule has 0 heterocycles. The zero-order chi connectivity index (χ0) is 17.8. The molecule has 1 aromatic carbocycles. The minimum atomic E-state index is -0.0993. The zero-order valence-electron chi connectivity index (χ0n) is 15.4. The number of hydrogen-bond acceptors (Lipinski definition) is 4. The number of para-hydroxylation sites is 1. The van der Waals surface area contributed by atoms with Crippen LogP contribution in [0, 0.1) is 6.92 Å². The van der Waals surface area contributed by atoms with Gasteiger partial charge in [-0.25, -0.2) is 0 Å². The summed E-state index contributed by atoms with van der Waals surface area (Å²) in [6.07, 6.45) is 0. The van der Waals surface area contributed by atoms with Gasteiger partial charge in [-0.2, -0.15) is 0 Å². The zero-order valence-corrected chi connectivity index (χ0v) is 17.7. The van der Waals surface area contributed by atoms with E-state index in [0.717, 1.165) is 11.3 Å². The van der Waals surface area contributed by atoms with Crippen LogP contribution in [0.5, 0.6) is 5.75 Å². The van der Waals surface area contributed by atoms with Gasteiger partial charge in [0.15, 0.2) is 5.96 Å². The molecule has 1 amide bonds. The number of ether oxygens (including phenoxy) is 2. The van der Waals surface area contributed by atoms with Gasteiger partial charge in [0, 0.05) is 27.7 Å². The van der Waals surface area contributed by atoms with Crippen molar-refractivity contribution in [2.24, 2.45) is 4.99 Å². The summed E-state index contributed by atoms with van der Waals surface area (Å²) in [7, 11) is 5.18. The molecule has 0 aliphatic heterocycles. The Morgan fingerprint density at radius 2 is 1.96 bits per heavy atom. The third-order valence-corrected chi connectivity index (χ3v) is 3.39. The molecule has 1 rings (SSSR count). The lowest BCUT2D eigenvalue weighted by molar-refractivity contribution is -0.120. The highest BCUT2D eigenvalue weighted by Gasteiger charge is 2.08. The highest BCUT2D eigenvalue weighted by atomic mass is 127. The summed E-state index contributed by atoms with van der Waals surface area (Å²) < 4.78 is 10.7. The van der Waals surface area contributed by atoms with E-state index in [4.69, 9.17) is 9.47 Å². The second-order valence-electron chi connectivity index (χ2n) is 5.28. The number of likely N-dealkylation sites (N-methyl/N-ethyl adjacent to an activating group) is 1. The molecule has 142 valence electrons. The standard InChI is InChI=1S/C17H28N4O3.HI/c1-14-7-5-6-8-15(14)24-12-10-21(3)17(18-2)20-13-16(22)19-9-11-23-4;/h5-8H,9-13H2,1-4H3,(H,18,20)(H,19,22);1H. The molecular weight excluding hydrogens is 435 g/mol. The molecule has 0 radical (unpaired) electrons. The number of halogens is 1. The summed E-state index contributed by atoms with van der Waals surface area (Å²) in [4.78, 5) is 17.8. The van der Waals surface area contributed by atoms with Gasteiger partial charge in [0.05, 0.1) is 19.7 Å². The number of methoxy groups -OCH3 is 1. The van der Waals surface area contributed by atoms with Crippen LogP contribution in [-0.4, -0.2) is 70.8 Å². The number of aliphatic imine (C=N–C) groups is 1. The number of amides is 1. The Morgan fingerprint density at radius 3 is 2.60 bits per heavy atom. The first-order valence-electron chi connectivity index (χ1n) is 7.94. The molecule has 0 saturated carbocycles. The summed E-state index contributed by atoms with van der Waals surface area (Å²) in [5.41, 5.74) is 1.11.